The molecule has 0 saturated carbocycles. The Morgan fingerprint density at radius 2 is 2.00 bits per heavy atom. The van der Waals surface area contributed by atoms with Crippen LogP contribution in [0.5, 0.6) is 0 Å². The molecule has 106 valence electrons. The van der Waals surface area contributed by atoms with Crippen LogP contribution in [-0.4, -0.2) is 17.0 Å². The van der Waals surface area contributed by atoms with Gasteiger partial charge in [-0.2, -0.15) is 0 Å². The highest BCUT2D eigenvalue weighted by Crippen LogP contribution is 2.24. The van der Waals surface area contributed by atoms with Crippen LogP contribution >= 0.6 is 35.0 Å². The van der Waals surface area contributed by atoms with Crippen LogP contribution in [0.15, 0.2) is 41.0 Å². The van der Waals surface area contributed by atoms with Crippen molar-refractivity contribution in [2.45, 2.75) is 19.4 Å². The van der Waals surface area contributed by atoms with Crippen molar-refractivity contribution in [3.8, 4) is 0 Å². The summed E-state index contributed by atoms with van der Waals surface area (Å²) in [7, 11) is 0. The number of benzene rings is 1. The third-order valence-electron chi connectivity index (χ3n) is 2.75. The van der Waals surface area contributed by atoms with Crippen molar-refractivity contribution < 1.29 is 0 Å². The molecule has 0 atom stereocenters. The zero-order valence-electron chi connectivity index (χ0n) is 11.6. The standard InChI is InChI=1S/C15H16Cl2N2S/c1-15(2)9-12(18-14(19-15)20-3)7-5-10-4-6-11(16)8-13(10)17/h4-9H,1-3H3,(H,18,19)/b7-5+. The Labute approximate surface area is 134 Å². The quantitative estimate of drug-likeness (QED) is 0.827. The van der Waals surface area contributed by atoms with E-state index in [-0.39, 0.29) is 5.54 Å². The van der Waals surface area contributed by atoms with E-state index >= 15 is 0 Å². The van der Waals surface area contributed by atoms with E-state index in [1.165, 1.54) is 0 Å². The minimum absolute atomic E-state index is 0.201. The number of halogens is 2. The number of aliphatic imine (C=N–C) groups is 1. The second-order valence-electron chi connectivity index (χ2n) is 5.00. The fourth-order valence-electron chi connectivity index (χ4n) is 1.86. The van der Waals surface area contributed by atoms with Crippen molar-refractivity contribution in [1.82, 2.24) is 5.32 Å². The molecule has 1 aromatic carbocycles. The number of nitrogens with zero attached hydrogens (tertiary/aromatic N) is 1. The Morgan fingerprint density at radius 1 is 1.25 bits per heavy atom. The van der Waals surface area contributed by atoms with Crippen molar-refractivity contribution in [2.75, 3.05) is 6.26 Å². The molecule has 0 amide bonds. The fourth-order valence-corrected chi connectivity index (χ4v) is 2.88. The maximum atomic E-state index is 6.16. The summed E-state index contributed by atoms with van der Waals surface area (Å²) in [6, 6.07) is 5.47. The topological polar surface area (TPSA) is 24.4 Å². The molecule has 2 rings (SSSR count). The number of amidine groups is 1. The van der Waals surface area contributed by atoms with E-state index in [9.17, 15) is 0 Å². The van der Waals surface area contributed by atoms with Crippen LogP contribution in [0.3, 0.4) is 0 Å². The van der Waals surface area contributed by atoms with Gasteiger partial charge in [0.15, 0.2) is 5.17 Å². The molecule has 5 heteroatoms. The minimum Gasteiger partial charge on any atom is -0.335 e. The van der Waals surface area contributed by atoms with Gasteiger partial charge >= 0.3 is 0 Å². The van der Waals surface area contributed by atoms with Gasteiger partial charge in [-0.25, -0.2) is 0 Å². The second kappa shape index (κ2) is 6.25. The van der Waals surface area contributed by atoms with E-state index in [4.69, 9.17) is 23.2 Å². The molecule has 0 saturated heterocycles. The zero-order chi connectivity index (χ0) is 14.8. The molecule has 1 heterocycles. The van der Waals surface area contributed by atoms with E-state index in [0.717, 1.165) is 16.4 Å². The Morgan fingerprint density at radius 3 is 2.65 bits per heavy atom. The molecular formula is C15H16Cl2N2S. The van der Waals surface area contributed by atoms with Gasteiger partial charge in [-0.05, 0) is 50.0 Å². The minimum atomic E-state index is -0.201. The van der Waals surface area contributed by atoms with Crippen LogP contribution in [0.2, 0.25) is 10.0 Å². The molecule has 0 unspecified atom stereocenters. The molecule has 1 N–H and O–H groups in total. The normalized spacial score (nSPS) is 17.6. The molecule has 0 bridgehead atoms. The number of nitrogens with one attached hydrogen (secondary N) is 1. The van der Waals surface area contributed by atoms with Crippen molar-refractivity contribution in [3.63, 3.8) is 0 Å². The summed E-state index contributed by atoms with van der Waals surface area (Å²) < 4.78 is 0. The lowest BCUT2D eigenvalue weighted by atomic mass is 10.0. The Hall–Kier alpha value is -0.900. The summed E-state index contributed by atoms with van der Waals surface area (Å²) in [6.07, 6.45) is 8.07. The lowest BCUT2D eigenvalue weighted by Gasteiger charge is -2.24. The molecular weight excluding hydrogens is 311 g/mol. The van der Waals surface area contributed by atoms with Crippen molar-refractivity contribution in [1.29, 1.82) is 0 Å². The van der Waals surface area contributed by atoms with Crippen LogP contribution in [-0.2, 0) is 0 Å². The monoisotopic (exact) mass is 326 g/mol. The van der Waals surface area contributed by atoms with Gasteiger partial charge in [0.1, 0.15) is 0 Å². The molecule has 0 spiro atoms. The third kappa shape index (κ3) is 4.05. The van der Waals surface area contributed by atoms with E-state index in [2.05, 4.69) is 30.2 Å². The summed E-state index contributed by atoms with van der Waals surface area (Å²) >= 11 is 13.6. The average Bonchev–Trinajstić information content (AvgIpc) is 2.36. The van der Waals surface area contributed by atoms with Crippen LogP contribution in [0.25, 0.3) is 6.08 Å². The van der Waals surface area contributed by atoms with Gasteiger partial charge in [-0.15, -0.1) is 0 Å². The highest BCUT2D eigenvalue weighted by molar-refractivity contribution is 8.13. The number of allylic oxidation sites excluding steroid dienone is 1. The lowest BCUT2D eigenvalue weighted by molar-refractivity contribution is 0.639. The van der Waals surface area contributed by atoms with Crippen LogP contribution < -0.4 is 5.32 Å². The number of hydrogen-bond acceptors (Lipinski definition) is 3. The third-order valence-corrected chi connectivity index (χ3v) is 3.89. The van der Waals surface area contributed by atoms with Gasteiger partial charge in [0.2, 0.25) is 0 Å². The predicted octanol–water partition coefficient (Wildman–Crippen LogP) is 4.99. The van der Waals surface area contributed by atoms with Crippen LogP contribution in [0, 0.1) is 0 Å². The van der Waals surface area contributed by atoms with Gasteiger partial charge in [-0.3, -0.25) is 4.99 Å². The van der Waals surface area contributed by atoms with E-state index < -0.39 is 0 Å². The van der Waals surface area contributed by atoms with Crippen molar-refractivity contribution >= 4 is 46.2 Å². The molecule has 2 nitrogen and oxygen atoms in total. The Balaban J connectivity index is 2.21. The highest BCUT2D eigenvalue weighted by atomic mass is 35.5. The summed E-state index contributed by atoms with van der Waals surface area (Å²) in [4.78, 5) is 4.58. The first-order chi connectivity index (χ1) is 9.39. The van der Waals surface area contributed by atoms with E-state index in [0.29, 0.717) is 10.0 Å². The zero-order valence-corrected chi connectivity index (χ0v) is 13.9. The van der Waals surface area contributed by atoms with Crippen LogP contribution in [0.1, 0.15) is 19.4 Å². The fraction of sp³-hybridized carbons (Fsp3) is 0.267. The predicted molar refractivity (Wildman–Crippen MR) is 91.7 cm³/mol. The van der Waals surface area contributed by atoms with E-state index in [1.54, 1.807) is 17.8 Å². The van der Waals surface area contributed by atoms with Crippen molar-refractivity contribution in [3.05, 3.63) is 51.7 Å². The first kappa shape index (κ1) is 15.5. The van der Waals surface area contributed by atoms with Gasteiger partial charge in [-0.1, -0.05) is 47.1 Å². The summed E-state index contributed by atoms with van der Waals surface area (Å²) in [6.45, 7) is 4.15. The molecule has 1 aliphatic rings. The van der Waals surface area contributed by atoms with E-state index in [1.807, 2.05) is 30.5 Å². The Bertz CT molecular complexity index is 604. The van der Waals surface area contributed by atoms with Crippen molar-refractivity contribution in [2.24, 2.45) is 4.99 Å². The SMILES string of the molecule is CSC1=NC(C)(C)C=C(/C=C/c2ccc(Cl)cc2Cl)N1. The lowest BCUT2D eigenvalue weighted by Crippen LogP contribution is -2.31. The van der Waals surface area contributed by atoms with Crippen LogP contribution in [0.4, 0.5) is 0 Å². The van der Waals surface area contributed by atoms with Gasteiger partial charge < -0.3 is 5.32 Å². The van der Waals surface area contributed by atoms with Gasteiger partial charge in [0.05, 0.1) is 5.54 Å². The molecule has 20 heavy (non-hydrogen) atoms. The maximum Gasteiger partial charge on any atom is 0.161 e. The number of hydrogen-bond donors (Lipinski definition) is 1. The average molecular weight is 327 g/mol. The first-order valence-electron chi connectivity index (χ1n) is 6.16. The Kier molecular flexibility index (Phi) is 4.84. The molecule has 1 aromatic rings. The number of rotatable bonds is 2. The maximum absolute atomic E-state index is 6.16. The largest absolute Gasteiger partial charge is 0.335 e. The summed E-state index contributed by atoms with van der Waals surface area (Å²) in [5.41, 5.74) is 1.75. The summed E-state index contributed by atoms with van der Waals surface area (Å²) in [5, 5.41) is 5.47. The second-order valence-corrected chi connectivity index (χ2v) is 6.64. The molecule has 0 aromatic heterocycles. The van der Waals surface area contributed by atoms with Gasteiger partial charge in [0, 0.05) is 15.7 Å². The highest BCUT2D eigenvalue weighted by Gasteiger charge is 2.19. The smallest absolute Gasteiger partial charge is 0.161 e. The molecule has 0 fully saturated rings. The van der Waals surface area contributed by atoms with Gasteiger partial charge in [0.25, 0.3) is 0 Å². The molecule has 0 aliphatic carbocycles. The molecule has 1 aliphatic heterocycles. The summed E-state index contributed by atoms with van der Waals surface area (Å²) in [5.74, 6) is 0. The number of thioether (sulfide) groups is 1. The first-order valence-corrected chi connectivity index (χ1v) is 8.14. The molecule has 0 radical (unpaired) electrons.